The number of aryl methyl sites for hydroxylation is 1. The van der Waals surface area contributed by atoms with E-state index in [9.17, 15) is 1.37 Å². The van der Waals surface area contributed by atoms with Gasteiger partial charge in [0.25, 0.3) is 0 Å². The first-order chi connectivity index (χ1) is 24.7. The predicted molar refractivity (Wildman–Crippen MR) is 187 cm³/mol. The average molecular weight is 568 g/mol. The zero-order chi connectivity index (χ0) is 35.3. The van der Waals surface area contributed by atoms with Gasteiger partial charge in [-0.05, 0) is 84.8 Å². The Morgan fingerprint density at radius 2 is 1.05 bits per heavy atom. The molecule has 0 bridgehead atoms. The molecule has 0 radical (unpaired) electrons. The summed E-state index contributed by atoms with van der Waals surface area (Å²) in [5.74, 6) is 0. The fourth-order valence-electron chi connectivity index (χ4n) is 6.82. The van der Waals surface area contributed by atoms with Gasteiger partial charge in [-0.15, -0.1) is 0 Å². The Balaban J connectivity index is 1.48. The van der Waals surface area contributed by atoms with E-state index in [1.807, 2.05) is 72.8 Å². The molecule has 0 unspecified atom stereocenters. The molecule has 0 saturated heterocycles. The van der Waals surface area contributed by atoms with Crippen LogP contribution in [-0.2, 0) is 0 Å². The molecular weight excluding hydrogens is 532 g/mol. The zero-order valence-corrected chi connectivity index (χ0v) is 23.8. The molecule has 0 N–H and O–H groups in total. The number of rotatable bonds is 3. The van der Waals surface area contributed by atoms with Gasteiger partial charge in [-0.2, -0.15) is 0 Å². The average Bonchev–Trinajstić information content (AvgIpc) is 3.54. The molecule has 1 heterocycles. The highest BCUT2D eigenvalue weighted by atomic mass is 16.3. The van der Waals surface area contributed by atoms with Gasteiger partial charge < -0.3 is 4.42 Å². The third kappa shape index (κ3) is 3.66. The summed E-state index contributed by atoms with van der Waals surface area (Å²) in [5, 5.41) is 5.25. The van der Waals surface area contributed by atoms with Crippen LogP contribution >= 0.6 is 0 Å². The van der Waals surface area contributed by atoms with Crippen LogP contribution in [0.3, 0.4) is 0 Å². The molecular formula is C43H28O. The summed E-state index contributed by atoms with van der Waals surface area (Å²) in [6.07, 6.45) is 0. The summed E-state index contributed by atoms with van der Waals surface area (Å²) >= 11 is 0. The minimum absolute atomic E-state index is 0.0625. The standard InChI is InChI=1S/C43H28O/c1-27-12-8-15-29(26-27)31-21-10-24-38-42(31)43-37(23-11-25-39(43)44-38)41-35-19-6-4-17-33(35)40(34-18-5-7-20-36(34)41)32-22-9-14-28-13-2-3-16-30(28)32/h2-26H,1H3/i2D,3D,9D,13D,14D,16D,22D. The summed E-state index contributed by atoms with van der Waals surface area (Å²) in [5.41, 5.74) is 7.56. The van der Waals surface area contributed by atoms with Crippen LogP contribution in [0.25, 0.3) is 87.6 Å². The Kier molecular flexibility index (Phi) is 4.14. The van der Waals surface area contributed by atoms with Crippen molar-refractivity contribution in [2.75, 3.05) is 0 Å². The molecule has 1 aromatic heterocycles. The van der Waals surface area contributed by atoms with E-state index < -0.39 is 18.1 Å². The lowest BCUT2D eigenvalue weighted by molar-refractivity contribution is 0.669. The van der Waals surface area contributed by atoms with Crippen LogP contribution < -0.4 is 0 Å². The second-order valence-electron chi connectivity index (χ2n) is 11.2. The maximum Gasteiger partial charge on any atom is 0.136 e. The summed E-state index contributed by atoms with van der Waals surface area (Å²) in [7, 11) is 0. The molecule has 9 aromatic rings. The first-order valence-electron chi connectivity index (χ1n) is 18.1. The van der Waals surface area contributed by atoms with Crippen molar-refractivity contribution < 1.29 is 14.0 Å². The second kappa shape index (κ2) is 9.69. The summed E-state index contributed by atoms with van der Waals surface area (Å²) in [6.45, 7) is 2.08. The molecule has 0 saturated carbocycles. The van der Waals surface area contributed by atoms with Gasteiger partial charge in [0.15, 0.2) is 0 Å². The number of benzene rings is 8. The van der Waals surface area contributed by atoms with Crippen molar-refractivity contribution in [2.45, 2.75) is 6.92 Å². The summed E-state index contributed by atoms with van der Waals surface area (Å²) < 4.78 is 67.9. The lowest BCUT2D eigenvalue weighted by atomic mass is 9.83. The Bertz CT molecular complexity index is 2900. The van der Waals surface area contributed by atoms with Crippen molar-refractivity contribution in [3.8, 4) is 33.4 Å². The highest BCUT2D eigenvalue weighted by Crippen LogP contribution is 2.48. The van der Waals surface area contributed by atoms with Crippen LogP contribution in [0.2, 0.25) is 0 Å². The van der Waals surface area contributed by atoms with Crippen LogP contribution in [-0.4, -0.2) is 0 Å². The number of fused-ring (bicyclic) bond motifs is 6. The van der Waals surface area contributed by atoms with Crippen molar-refractivity contribution in [2.24, 2.45) is 0 Å². The smallest absolute Gasteiger partial charge is 0.136 e. The topological polar surface area (TPSA) is 13.1 Å². The molecule has 44 heavy (non-hydrogen) atoms. The molecule has 0 aliphatic heterocycles. The van der Waals surface area contributed by atoms with E-state index in [-0.39, 0.29) is 40.5 Å². The van der Waals surface area contributed by atoms with Gasteiger partial charge in [0.1, 0.15) is 11.2 Å². The van der Waals surface area contributed by atoms with E-state index in [2.05, 4.69) is 43.3 Å². The second-order valence-corrected chi connectivity index (χ2v) is 11.2. The van der Waals surface area contributed by atoms with Gasteiger partial charge in [0, 0.05) is 10.8 Å². The molecule has 0 amide bonds. The molecule has 1 nitrogen and oxygen atoms in total. The Hall–Kier alpha value is -5.66. The van der Waals surface area contributed by atoms with E-state index in [4.69, 9.17) is 12.6 Å². The lowest BCUT2D eigenvalue weighted by Gasteiger charge is -2.19. The van der Waals surface area contributed by atoms with E-state index >= 15 is 0 Å². The maximum atomic E-state index is 9.24. The molecule has 0 fully saturated rings. The number of hydrogen-bond acceptors (Lipinski definition) is 1. The van der Waals surface area contributed by atoms with Crippen LogP contribution in [0.4, 0.5) is 0 Å². The minimum atomic E-state index is -0.473. The highest BCUT2D eigenvalue weighted by Gasteiger charge is 2.22. The molecule has 0 atom stereocenters. The molecule has 0 aliphatic carbocycles. The van der Waals surface area contributed by atoms with Gasteiger partial charge in [0.2, 0.25) is 0 Å². The molecule has 206 valence electrons. The van der Waals surface area contributed by atoms with E-state index in [0.29, 0.717) is 5.56 Å². The third-order valence-corrected chi connectivity index (χ3v) is 8.61. The summed E-state index contributed by atoms with van der Waals surface area (Å²) in [4.78, 5) is 0. The highest BCUT2D eigenvalue weighted by molar-refractivity contribution is 6.27. The lowest BCUT2D eigenvalue weighted by Crippen LogP contribution is -1.92. The molecule has 0 aliphatic rings. The predicted octanol–water partition coefficient (Wildman–Crippen LogP) is 12.4. The van der Waals surface area contributed by atoms with E-state index in [0.717, 1.165) is 71.3 Å². The minimum Gasteiger partial charge on any atom is -0.456 e. The van der Waals surface area contributed by atoms with Crippen molar-refractivity contribution in [1.82, 2.24) is 0 Å². The van der Waals surface area contributed by atoms with Gasteiger partial charge in [-0.1, -0.05) is 145 Å². The normalized spacial score (nSPS) is 14.0. The van der Waals surface area contributed by atoms with Crippen molar-refractivity contribution in [3.63, 3.8) is 0 Å². The van der Waals surface area contributed by atoms with Gasteiger partial charge in [0.05, 0.1) is 9.60 Å². The molecule has 8 aromatic carbocycles. The Morgan fingerprint density at radius 3 is 1.73 bits per heavy atom. The van der Waals surface area contributed by atoms with Crippen molar-refractivity contribution in [1.29, 1.82) is 0 Å². The van der Waals surface area contributed by atoms with E-state index in [1.165, 1.54) is 0 Å². The maximum absolute atomic E-state index is 9.24. The van der Waals surface area contributed by atoms with Crippen LogP contribution in [0.15, 0.2) is 156 Å². The van der Waals surface area contributed by atoms with Crippen molar-refractivity contribution >= 4 is 54.3 Å². The van der Waals surface area contributed by atoms with Gasteiger partial charge in [-0.3, -0.25) is 0 Å². The first kappa shape index (κ1) is 18.8. The number of hydrogen-bond donors (Lipinski definition) is 0. The van der Waals surface area contributed by atoms with Crippen LogP contribution in [0.5, 0.6) is 0 Å². The fraction of sp³-hybridized carbons (Fsp3) is 0.0233. The van der Waals surface area contributed by atoms with Crippen molar-refractivity contribution in [3.05, 3.63) is 157 Å². The van der Waals surface area contributed by atoms with Crippen LogP contribution in [0.1, 0.15) is 15.2 Å². The quantitative estimate of drug-likeness (QED) is 0.194. The third-order valence-electron chi connectivity index (χ3n) is 8.61. The van der Waals surface area contributed by atoms with Gasteiger partial charge in [-0.25, -0.2) is 0 Å². The fourth-order valence-corrected chi connectivity index (χ4v) is 6.82. The first-order valence-corrected chi connectivity index (χ1v) is 14.6. The van der Waals surface area contributed by atoms with E-state index in [1.54, 1.807) is 0 Å². The van der Waals surface area contributed by atoms with Crippen LogP contribution in [0, 0.1) is 6.92 Å². The Morgan fingerprint density at radius 1 is 0.477 bits per heavy atom. The molecule has 9 rings (SSSR count). The van der Waals surface area contributed by atoms with Gasteiger partial charge >= 0.3 is 0 Å². The largest absolute Gasteiger partial charge is 0.456 e. The SMILES string of the molecule is [2H]c1c([2H])c([2H])c2c(-c3c4ccccc4c(-c4cccc5oc6cccc(-c7cccc(C)c7)c6c45)c4ccccc34)c([2H])c([2H])c([2H])c2c1[2H]. The summed E-state index contributed by atoms with van der Waals surface area (Å²) in [6, 6.07) is 33.7. The molecule has 1 heteroatoms. The molecule has 0 spiro atoms. The monoisotopic (exact) mass is 567 g/mol. The number of furan rings is 1. The Labute approximate surface area is 265 Å². The zero-order valence-electron chi connectivity index (χ0n) is 30.8.